The molecule has 4 aromatic rings. The Kier molecular flexibility index (Phi) is 21.2. The van der Waals surface area contributed by atoms with Gasteiger partial charge in [0.25, 0.3) is 0 Å². The summed E-state index contributed by atoms with van der Waals surface area (Å²) in [6, 6.07) is 23.8. The van der Waals surface area contributed by atoms with Crippen LogP contribution in [0.4, 0.5) is 0 Å². The van der Waals surface area contributed by atoms with E-state index in [2.05, 4.69) is 61.6 Å². The molecular formula is C34H51Cl2N3O4P2. The summed E-state index contributed by atoms with van der Waals surface area (Å²) in [6.45, 7) is 17.3. The molecule has 11 heteroatoms. The Morgan fingerprint density at radius 1 is 0.622 bits per heavy atom. The maximum atomic E-state index is 5.85. The normalized spacial score (nSPS) is 12.5. The molecule has 250 valence electrons. The second kappa shape index (κ2) is 23.3. The Morgan fingerprint density at radius 2 is 0.956 bits per heavy atom. The number of hydrogen-bond donors (Lipinski definition) is 2. The van der Waals surface area contributed by atoms with Crippen molar-refractivity contribution in [1.29, 1.82) is 0 Å². The molecule has 0 bridgehead atoms. The molecule has 2 N–H and O–H groups in total. The summed E-state index contributed by atoms with van der Waals surface area (Å²) in [6.07, 6.45) is 2.64. The summed E-state index contributed by atoms with van der Waals surface area (Å²) in [4.78, 5) is 4.78. The van der Waals surface area contributed by atoms with Crippen molar-refractivity contribution in [2.75, 3.05) is 33.2 Å². The van der Waals surface area contributed by atoms with E-state index in [0.717, 1.165) is 51.1 Å². The highest BCUT2D eigenvalue weighted by Gasteiger charge is 2.23. The SMILES string of the molecule is C.CCCC.CCN(CC)CC.CCNCl.CNP1Oc2cccc3cccc(c23)O1.ClP1Oc2cccc3cccc(c23)O1. The van der Waals surface area contributed by atoms with E-state index in [-0.39, 0.29) is 7.43 Å². The van der Waals surface area contributed by atoms with Gasteiger partial charge in [-0.3, -0.25) is 0 Å². The smallest absolute Gasteiger partial charge is 0.401 e. The lowest BCUT2D eigenvalue weighted by atomic mass is 10.1. The van der Waals surface area contributed by atoms with Crippen molar-refractivity contribution in [3.63, 3.8) is 0 Å². The zero-order valence-corrected chi connectivity index (χ0v) is 30.2. The molecule has 0 radical (unpaired) electrons. The first-order valence-electron chi connectivity index (χ1n) is 15.1. The molecule has 2 aliphatic rings. The lowest BCUT2D eigenvalue weighted by Gasteiger charge is -2.24. The van der Waals surface area contributed by atoms with Crippen LogP contribution in [0.15, 0.2) is 72.8 Å². The molecule has 0 unspecified atom stereocenters. The van der Waals surface area contributed by atoms with Gasteiger partial charge in [0.05, 0.1) is 10.8 Å². The second-order valence-electron chi connectivity index (χ2n) is 9.39. The molecule has 2 heterocycles. The molecule has 0 amide bonds. The Morgan fingerprint density at radius 3 is 1.20 bits per heavy atom. The Bertz CT molecular complexity index is 1290. The first-order valence-corrected chi connectivity index (χ1v) is 18.8. The third-order valence-electron chi connectivity index (χ3n) is 6.52. The van der Waals surface area contributed by atoms with Crippen LogP contribution in [0, 0.1) is 0 Å². The van der Waals surface area contributed by atoms with E-state index >= 15 is 0 Å². The van der Waals surface area contributed by atoms with Gasteiger partial charge >= 0.3 is 16.3 Å². The number of hydrogen-bond acceptors (Lipinski definition) is 7. The van der Waals surface area contributed by atoms with Gasteiger partial charge in [-0.1, -0.05) is 110 Å². The zero-order valence-electron chi connectivity index (χ0n) is 26.9. The molecule has 6 rings (SSSR count). The average molecular weight is 699 g/mol. The van der Waals surface area contributed by atoms with E-state index in [1.54, 1.807) is 0 Å². The van der Waals surface area contributed by atoms with E-state index in [1.165, 1.54) is 32.5 Å². The van der Waals surface area contributed by atoms with Crippen molar-refractivity contribution in [1.82, 2.24) is 14.8 Å². The van der Waals surface area contributed by atoms with Crippen molar-refractivity contribution in [3.8, 4) is 23.0 Å². The van der Waals surface area contributed by atoms with E-state index in [0.29, 0.717) is 0 Å². The van der Waals surface area contributed by atoms with E-state index in [9.17, 15) is 0 Å². The van der Waals surface area contributed by atoms with Crippen molar-refractivity contribution in [3.05, 3.63) is 72.8 Å². The van der Waals surface area contributed by atoms with Crippen molar-refractivity contribution >= 4 is 60.8 Å². The molecule has 2 aliphatic heterocycles. The van der Waals surface area contributed by atoms with Gasteiger partial charge in [-0.15, -0.1) is 0 Å². The van der Waals surface area contributed by atoms with Crippen LogP contribution < -0.4 is 28.0 Å². The lowest BCUT2D eigenvalue weighted by Crippen LogP contribution is -2.21. The third kappa shape index (κ3) is 12.9. The Balaban J connectivity index is 0.000000312. The van der Waals surface area contributed by atoms with Crippen molar-refractivity contribution in [2.45, 2.75) is 61.8 Å². The van der Waals surface area contributed by atoms with Gasteiger partial charge in [0, 0.05) is 6.54 Å². The number of rotatable bonds is 6. The van der Waals surface area contributed by atoms with E-state index in [1.807, 2.05) is 74.6 Å². The molecule has 0 saturated heterocycles. The fourth-order valence-electron chi connectivity index (χ4n) is 3.98. The molecule has 45 heavy (non-hydrogen) atoms. The van der Waals surface area contributed by atoms with Crippen LogP contribution in [0.1, 0.15) is 61.8 Å². The molecule has 0 saturated carbocycles. The monoisotopic (exact) mass is 697 g/mol. The van der Waals surface area contributed by atoms with Gasteiger partial charge in [-0.05, 0) is 84.7 Å². The predicted octanol–water partition coefficient (Wildman–Crippen LogP) is 11.7. The van der Waals surface area contributed by atoms with E-state index < -0.39 is 16.3 Å². The lowest BCUT2D eigenvalue weighted by molar-refractivity contribution is 0.321. The van der Waals surface area contributed by atoms with Gasteiger partial charge in [-0.25, -0.2) is 9.92 Å². The van der Waals surface area contributed by atoms with Crippen LogP contribution >= 0.6 is 39.3 Å². The first-order chi connectivity index (χ1) is 21.4. The van der Waals surface area contributed by atoms with Crippen LogP contribution in [0.5, 0.6) is 23.0 Å². The van der Waals surface area contributed by atoms with Crippen LogP contribution in [-0.4, -0.2) is 38.1 Å². The summed E-state index contributed by atoms with van der Waals surface area (Å²) in [7, 11) is -0.531. The number of nitrogens with zero attached hydrogens (tertiary/aromatic N) is 1. The minimum Gasteiger partial charge on any atom is -0.426 e. The van der Waals surface area contributed by atoms with Crippen molar-refractivity contribution in [2.24, 2.45) is 0 Å². The largest absolute Gasteiger partial charge is 0.426 e. The molecule has 0 aliphatic carbocycles. The molecule has 7 nitrogen and oxygen atoms in total. The molecule has 0 atom stereocenters. The van der Waals surface area contributed by atoms with Gasteiger partial charge in [0.1, 0.15) is 23.0 Å². The Hall–Kier alpha value is -2.08. The van der Waals surface area contributed by atoms with E-state index in [4.69, 9.17) is 41.1 Å². The highest BCUT2D eigenvalue weighted by molar-refractivity contribution is 7.76. The molecular weight excluding hydrogens is 647 g/mol. The maximum absolute atomic E-state index is 5.85. The summed E-state index contributed by atoms with van der Waals surface area (Å²) in [5, 5.41) is 7.34. The Labute approximate surface area is 283 Å². The van der Waals surface area contributed by atoms with Gasteiger partial charge in [-0.2, -0.15) is 0 Å². The van der Waals surface area contributed by atoms with Crippen LogP contribution in [0.2, 0.25) is 0 Å². The van der Waals surface area contributed by atoms with Gasteiger partial charge in [0.2, 0.25) is 0 Å². The average Bonchev–Trinajstić information content (AvgIpc) is 3.06. The topological polar surface area (TPSA) is 64.2 Å². The van der Waals surface area contributed by atoms with Gasteiger partial charge in [0.15, 0.2) is 0 Å². The van der Waals surface area contributed by atoms with Crippen molar-refractivity contribution < 1.29 is 18.1 Å². The predicted molar refractivity (Wildman–Crippen MR) is 199 cm³/mol. The molecule has 0 aromatic heterocycles. The zero-order chi connectivity index (χ0) is 32.3. The first kappa shape index (κ1) is 40.9. The van der Waals surface area contributed by atoms with Gasteiger partial charge < -0.3 is 23.0 Å². The summed E-state index contributed by atoms with van der Waals surface area (Å²) in [5.74, 6) is 3.42. The second-order valence-corrected chi connectivity index (χ2v) is 12.6. The highest BCUT2D eigenvalue weighted by atomic mass is 35.7. The standard InChI is InChI=1S/C11H10NO2P.C10H6ClO2P.C6H15N.C4H10.C2H6ClN.CH4/c1-12-15-13-9-6-2-4-8-5-3-7-10(14-15)11(8)9;11-14-12-8-5-1-3-7-4-2-6-9(13-14)10(7)8;1-4-7(5-2)6-3;1-3-4-2;1-2-4-3;/h2-7,12H,1H3;1-6H;4-6H2,1-3H3;3-4H2,1-2H3;4H,2H2,1H3;1H4. The van der Waals surface area contributed by atoms with Crippen LogP contribution in [0.3, 0.4) is 0 Å². The summed E-state index contributed by atoms with van der Waals surface area (Å²) < 4.78 is 22.2. The van der Waals surface area contributed by atoms with Crippen LogP contribution in [0.25, 0.3) is 21.5 Å². The third-order valence-corrected chi connectivity index (χ3v) is 8.97. The fraction of sp³-hybridized carbons (Fsp3) is 0.412. The van der Waals surface area contributed by atoms with Crippen LogP contribution in [-0.2, 0) is 0 Å². The highest BCUT2D eigenvalue weighted by Crippen LogP contribution is 2.53. The molecule has 0 fully saturated rings. The fourth-order valence-corrected chi connectivity index (χ4v) is 5.96. The minimum absolute atomic E-state index is 0. The summed E-state index contributed by atoms with van der Waals surface area (Å²) in [5.41, 5.74) is 0. The minimum atomic E-state index is -1.33. The number of unbranched alkanes of at least 4 members (excludes halogenated alkanes) is 1. The number of nitrogens with one attached hydrogen (secondary N) is 2. The number of halogens is 2. The summed E-state index contributed by atoms with van der Waals surface area (Å²) >= 11 is 10.8. The quantitative estimate of drug-likeness (QED) is 0.153. The maximum Gasteiger partial charge on any atom is 0.401 e. The number of benzene rings is 4. The molecule has 0 spiro atoms. The molecule has 4 aromatic carbocycles.